The third-order valence-corrected chi connectivity index (χ3v) is 1.39. The lowest BCUT2D eigenvalue weighted by atomic mass is 10.3. The number of benzene rings is 1. The largest absolute Gasteiger partial charge is 0.325 e. The van der Waals surface area contributed by atoms with Crippen molar-refractivity contribution in [3.8, 4) is 0 Å². The molecule has 1 amide bonds. The second-order valence-electron chi connectivity index (χ2n) is 2.44. The van der Waals surface area contributed by atoms with Crippen molar-refractivity contribution >= 4 is 24.0 Å². The van der Waals surface area contributed by atoms with Crippen molar-refractivity contribution in [1.82, 2.24) is 5.32 Å². The number of rotatable bonds is 3. The average Bonchev–Trinajstić information content (AvgIpc) is 2.06. The fourth-order valence-corrected chi connectivity index (χ4v) is 0.887. The van der Waals surface area contributed by atoms with E-state index in [9.17, 15) is 4.79 Å². The average molecular weight is 201 g/mol. The minimum Gasteiger partial charge on any atom is -0.325 e. The molecular formula is C9H13ClN2O. The van der Waals surface area contributed by atoms with Crippen LogP contribution in [0.25, 0.3) is 0 Å². The van der Waals surface area contributed by atoms with Crippen molar-refractivity contribution in [2.45, 2.75) is 0 Å². The molecule has 1 aromatic rings. The SMILES string of the molecule is CNCC(=O)Nc1ccccc1.Cl. The molecule has 0 fully saturated rings. The zero-order chi connectivity index (χ0) is 8.81. The highest BCUT2D eigenvalue weighted by Crippen LogP contribution is 2.03. The summed E-state index contributed by atoms with van der Waals surface area (Å²) >= 11 is 0. The number of para-hydroxylation sites is 1. The third kappa shape index (κ3) is 4.50. The van der Waals surface area contributed by atoms with Gasteiger partial charge < -0.3 is 10.6 Å². The van der Waals surface area contributed by atoms with Crippen molar-refractivity contribution in [2.75, 3.05) is 18.9 Å². The molecule has 0 spiro atoms. The van der Waals surface area contributed by atoms with Crippen LogP contribution in [0.1, 0.15) is 0 Å². The van der Waals surface area contributed by atoms with Crippen molar-refractivity contribution in [1.29, 1.82) is 0 Å². The molecule has 0 aliphatic rings. The van der Waals surface area contributed by atoms with Gasteiger partial charge in [-0.2, -0.15) is 0 Å². The lowest BCUT2D eigenvalue weighted by molar-refractivity contribution is -0.115. The molecule has 0 heterocycles. The Balaban J connectivity index is 0.00000144. The Morgan fingerprint density at radius 1 is 1.31 bits per heavy atom. The van der Waals surface area contributed by atoms with Crippen LogP contribution in [-0.4, -0.2) is 19.5 Å². The predicted molar refractivity (Wildman–Crippen MR) is 56.2 cm³/mol. The second-order valence-corrected chi connectivity index (χ2v) is 2.44. The molecule has 3 nitrogen and oxygen atoms in total. The fraction of sp³-hybridized carbons (Fsp3) is 0.222. The highest BCUT2D eigenvalue weighted by molar-refractivity contribution is 5.92. The van der Waals surface area contributed by atoms with Crippen LogP contribution in [-0.2, 0) is 4.79 Å². The van der Waals surface area contributed by atoms with Gasteiger partial charge in [-0.05, 0) is 19.2 Å². The molecule has 0 radical (unpaired) electrons. The lowest BCUT2D eigenvalue weighted by Gasteiger charge is -2.02. The van der Waals surface area contributed by atoms with Gasteiger partial charge in [0, 0.05) is 5.69 Å². The van der Waals surface area contributed by atoms with Crippen LogP contribution >= 0.6 is 12.4 Å². The first-order chi connectivity index (χ1) is 5.83. The Hall–Kier alpha value is -1.06. The van der Waals surface area contributed by atoms with Crippen LogP contribution in [0.3, 0.4) is 0 Å². The van der Waals surface area contributed by atoms with Gasteiger partial charge in [0.15, 0.2) is 0 Å². The minimum absolute atomic E-state index is 0. The zero-order valence-corrected chi connectivity index (χ0v) is 8.23. The van der Waals surface area contributed by atoms with Crippen molar-refractivity contribution in [3.63, 3.8) is 0 Å². The number of hydrogen-bond donors (Lipinski definition) is 2. The van der Waals surface area contributed by atoms with Crippen molar-refractivity contribution in [2.24, 2.45) is 0 Å². The highest BCUT2D eigenvalue weighted by Gasteiger charge is 1.97. The molecule has 1 rings (SSSR count). The van der Waals surface area contributed by atoms with Crippen LogP contribution in [0.2, 0.25) is 0 Å². The molecule has 0 aliphatic carbocycles. The van der Waals surface area contributed by atoms with Crippen molar-refractivity contribution < 1.29 is 4.79 Å². The Kier molecular flexibility index (Phi) is 5.93. The summed E-state index contributed by atoms with van der Waals surface area (Å²) in [6, 6.07) is 9.39. The molecule has 0 aliphatic heterocycles. The summed E-state index contributed by atoms with van der Waals surface area (Å²) in [6.45, 7) is 0.342. The van der Waals surface area contributed by atoms with Gasteiger partial charge in [-0.3, -0.25) is 4.79 Å². The summed E-state index contributed by atoms with van der Waals surface area (Å²) in [5.74, 6) is -0.0244. The van der Waals surface area contributed by atoms with E-state index in [2.05, 4.69) is 10.6 Å². The Labute approximate surface area is 83.9 Å². The molecule has 0 saturated heterocycles. The molecule has 2 N–H and O–H groups in total. The van der Waals surface area contributed by atoms with Gasteiger partial charge in [0.1, 0.15) is 0 Å². The molecular weight excluding hydrogens is 188 g/mol. The zero-order valence-electron chi connectivity index (χ0n) is 7.41. The maximum atomic E-state index is 11.0. The van der Waals surface area contributed by atoms with E-state index >= 15 is 0 Å². The number of hydrogen-bond acceptors (Lipinski definition) is 2. The number of amides is 1. The number of carbonyl (C=O) groups excluding carboxylic acids is 1. The predicted octanol–water partition coefficient (Wildman–Crippen LogP) is 1.27. The van der Waals surface area contributed by atoms with Gasteiger partial charge in [0.2, 0.25) is 5.91 Å². The lowest BCUT2D eigenvalue weighted by Crippen LogP contribution is -2.24. The molecule has 13 heavy (non-hydrogen) atoms. The second kappa shape index (κ2) is 6.46. The van der Waals surface area contributed by atoms with Gasteiger partial charge in [0.25, 0.3) is 0 Å². The van der Waals surface area contributed by atoms with E-state index in [1.807, 2.05) is 30.3 Å². The number of carbonyl (C=O) groups is 1. The standard InChI is InChI=1S/C9H12N2O.ClH/c1-10-7-9(12)11-8-5-3-2-4-6-8;/h2-6,10H,7H2,1H3,(H,11,12);1H. The van der Waals surface area contributed by atoms with Gasteiger partial charge in [0.05, 0.1) is 6.54 Å². The highest BCUT2D eigenvalue weighted by atomic mass is 35.5. The minimum atomic E-state index is -0.0244. The first-order valence-corrected chi connectivity index (χ1v) is 3.82. The van der Waals surface area contributed by atoms with E-state index in [0.717, 1.165) is 5.69 Å². The first kappa shape index (κ1) is 11.9. The van der Waals surface area contributed by atoms with E-state index in [4.69, 9.17) is 0 Å². The summed E-state index contributed by atoms with van der Waals surface area (Å²) in [6.07, 6.45) is 0. The van der Waals surface area contributed by atoms with Gasteiger partial charge in [-0.25, -0.2) is 0 Å². The normalized spacial score (nSPS) is 8.69. The summed E-state index contributed by atoms with van der Waals surface area (Å²) < 4.78 is 0. The Bertz CT molecular complexity index is 251. The molecule has 4 heteroatoms. The van der Waals surface area contributed by atoms with Gasteiger partial charge >= 0.3 is 0 Å². The summed E-state index contributed by atoms with van der Waals surface area (Å²) in [5.41, 5.74) is 0.831. The topological polar surface area (TPSA) is 41.1 Å². The summed E-state index contributed by atoms with van der Waals surface area (Å²) in [4.78, 5) is 11.0. The molecule has 0 bridgehead atoms. The van der Waals surface area contributed by atoms with E-state index in [1.165, 1.54) is 0 Å². The van der Waals surface area contributed by atoms with Gasteiger partial charge in [-0.15, -0.1) is 12.4 Å². The van der Waals surface area contributed by atoms with Crippen LogP contribution in [0.4, 0.5) is 5.69 Å². The maximum absolute atomic E-state index is 11.0. The van der Waals surface area contributed by atoms with Crippen LogP contribution < -0.4 is 10.6 Å². The quantitative estimate of drug-likeness (QED) is 0.772. The number of nitrogens with one attached hydrogen (secondary N) is 2. The molecule has 0 atom stereocenters. The summed E-state index contributed by atoms with van der Waals surface area (Å²) in [7, 11) is 1.74. The monoisotopic (exact) mass is 200 g/mol. The van der Waals surface area contributed by atoms with E-state index in [0.29, 0.717) is 6.54 Å². The molecule has 0 saturated carbocycles. The summed E-state index contributed by atoms with van der Waals surface area (Å²) in [5, 5.41) is 5.52. The molecule has 72 valence electrons. The fourth-order valence-electron chi connectivity index (χ4n) is 0.887. The van der Waals surface area contributed by atoms with E-state index in [-0.39, 0.29) is 18.3 Å². The Morgan fingerprint density at radius 2 is 1.92 bits per heavy atom. The molecule has 1 aromatic carbocycles. The number of anilines is 1. The smallest absolute Gasteiger partial charge is 0.238 e. The third-order valence-electron chi connectivity index (χ3n) is 1.39. The first-order valence-electron chi connectivity index (χ1n) is 3.82. The van der Waals surface area contributed by atoms with Crippen LogP contribution in [0, 0.1) is 0 Å². The van der Waals surface area contributed by atoms with Gasteiger partial charge in [-0.1, -0.05) is 18.2 Å². The van der Waals surface area contributed by atoms with Crippen LogP contribution in [0.5, 0.6) is 0 Å². The molecule has 0 aromatic heterocycles. The molecule has 0 unspecified atom stereocenters. The van der Waals surface area contributed by atoms with Crippen molar-refractivity contribution in [3.05, 3.63) is 30.3 Å². The van der Waals surface area contributed by atoms with Crippen LogP contribution in [0.15, 0.2) is 30.3 Å². The van der Waals surface area contributed by atoms with E-state index < -0.39 is 0 Å². The number of halogens is 1. The number of likely N-dealkylation sites (N-methyl/N-ethyl adjacent to an activating group) is 1. The Morgan fingerprint density at radius 3 is 2.46 bits per heavy atom. The van der Waals surface area contributed by atoms with E-state index in [1.54, 1.807) is 7.05 Å². The maximum Gasteiger partial charge on any atom is 0.238 e.